The highest BCUT2D eigenvalue weighted by atomic mass is 16.2. The van der Waals surface area contributed by atoms with E-state index in [0.717, 1.165) is 25.9 Å². The van der Waals surface area contributed by atoms with Crippen LogP contribution in [0.5, 0.6) is 0 Å². The van der Waals surface area contributed by atoms with Gasteiger partial charge in [0.05, 0.1) is 0 Å². The summed E-state index contributed by atoms with van der Waals surface area (Å²) in [5.74, 6) is 0.705. The smallest absolute Gasteiger partial charge is 0.247 e. The molecule has 1 fully saturated rings. The molecule has 0 aliphatic carbocycles. The number of hydrogen-bond acceptors (Lipinski definition) is 3. The molecule has 2 atom stereocenters. The van der Waals surface area contributed by atoms with Crippen molar-refractivity contribution in [3.8, 4) is 0 Å². The van der Waals surface area contributed by atoms with Crippen LogP contribution in [0.3, 0.4) is 0 Å². The van der Waals surface area contributed by atoms with Crippen molar-refractivity contribution in [1.29, 1.82) is 0 Å². The monoisotopic (exact) mass is 250 g/mol. The first-order valence-electron chi connectivity index (χ1n) is 6.63. The Labute approximate surface area is 108 Å². The van der Waals surface area contributed by atoms with Gasteiger partial charge in [-0.25, -0.2) is 0 Å². The van der Waals surface area contributed by atoms with Crippen LogP contribution >= 0.6 is 0 Å². The molecule has 0 aromatic carbocycles. The molecule has 18 heavy (non-hydrogen) atoms. The highest BCUT2D eigenvalue weighted by Crippen LogP contribution is 2.21. The molecule has 5 heteroatoms. The third-order valence-electron chi connectivity index (χ3n) is 3.87. The zero-order chi connectivity index (χ0) is 13.1. The average molecular weight is 250 g/mol. The Morgan fingerprint density at radius 1 is 1.39 bits per heavy atom. The Hall–Kier alpha value is -1.36. The molecule has 1 aliphatic rings. The molecule has 100 valence electrons. The van der Waals surface area contributed by atoms with E-state index in [0.29, 0.717) is 5.92 Å². The lowest BCUT2D eigenvalue weighted by atomic mass is 9.91. The van der Waals surface area contributed by atoms with Crippen LogP contribution in [0.25, 0.3) is 0 Å². The second-order valence-electron chi connectivity index (χ2n) is 5.18. The molecule has 2 rings (SSSR count). The van der Waals surface area contributed by atoms with Gasteiger partial charge in [-0.15, -0.1) is 0 Å². The average Bonchev–Trinajstić information content (AvgIpc) is 2.91. The molecular formula is C13H22N4O. The van der Waals surface area contributed by atoms with E-state index in [1.807, 2.05) is 24.1 Å². The number of nitrogens with two attached hydrogens (primary N) is 1. The van der Waals surface area contributed by atoms with E-state index >= 15 is 0 Å². The van der Waals surface area contributed by atoms with Crippen molar-refractivity contribution in [1.82, 2.24) is 14.7 Å². The van der Waals surface area contributed by atoms with Gasteiger partial charge in [0.2, 0.25) is 5.91 Å². The number of nitrogens with zero attached hydrogens (tertiary/aromatic N) is 3. The van der Waals surface area contributed by atoms with Gasteiger partial charge in [0, 0.05) is 31.5 Å². The van der Waals surface area contributed by atoms with Crippen LogP contribution in [0.15, 0.2) is 18.5 Å². The molecule has 1 aliphatic heterocycles. The lowest BCUT2D eigenvalue weighted by molar-refractivity contribution is -0.136. The third kappa shape index (κ3) is 2.72. The number of aromatic nitrogens is 2. The molecule has 1 saturated heterocycles. The van der Waals surface area contributed by atoms with Crippen molar-refractivity contribution in [2.45, 2.75) is 38.8 Å². The lowest BCUT2D eigenvalue weighted by Crippen LogP contribution is -2.44. The van der Waals surface area contributed by atoms with Crippen molar-refractivity contribution in [2.75, 3.05) is 13.1 Å². The van der Waals surface area contributed by atoms with E-state index in [4.69, 9.17) is 5.73 Å². The minimum absolute atomic E-state index is 0.154. The molecule has 0 saturated carbocycles. The number of hydrogen-bond donors (Lipinski definition) is 1. The maximum Gasteiger partial charge on any atom is 0.247 e. The molecule has 1 aromatic heterocycles. The molecular weight excluding hydrogens is 228 g/mol. The SMILES string of the molecule is CC(N)C1CCN(C(=O)C(C)n2cccn2)CC1. The van der Waals surface area contributed by atoms with Crippen molar-refractivity contribution in [2.24, 2.45) is 11.7 Å². The molecule has 5 nitrogen and oxygen atoms in total. The first-order chi connectivity index (χ1) is 8.59. The van der Waals surface area contributed by atoms with Crippen molar-refractivity contribution < 1.29 is 4.79 Å². The lowest BCUT2D eigenvalue weighted by Gasteiger charge is -2.35. The molecule has 2 heterocycles. The minimum atomic E-state index is -0.216. The Balaban J connectivity index is 1.91. The van der Waals surface area contributed by atoms with Crippen molar-refractivity contribution in [3.63, 3.8) is 0 Å². The number of carbonyl (C=O) groups is 1. The first kappa shape index (κ1) is 13.1. The van der Waals surface area contributed by atoms with Gasteiger partial charge in [-0.3, -0.25) is 9.48 Å². The zero-order valence-corrected chi connectivity index (χ0v) is 11.1. The fourth-order valence-corrected chi connectivity index (χ4v) is 2.53. The van der Waals surface area contributed by atoms with Gasteiger partial charge in [0.15, 0.2) is 0 Å². The molecule has 1 amide bonds. The highest BCUT2D eigenvalue weighted by Gasteiger charge is 2.28. The maximum atomic E-state index is 12.3. The first-order valence-corrected chi connectivity index (χ1v) is 6.63. The van der Waals surface area contributed by atoms with Crippen LogP contribution in [0.2, 0.25) is 0 Å². The summed E-state index contributed by atoms with van der Waals surface area (Å²) in [5, 5.41) is 4.12. The fraction of sp³-hybridized carbons (Fsp3) is 0.692. The van der Waals surface area contributed by atoms with E-state index in [1.54, 1.807) is 10.9 Å². The van der Waals surface area contributed by atoms with Crippen LogP contribution < -0.4 is 5.73 Å². The van der Waals surface area contributed by atoms with Gasteiger partial charge in [-0.05, 0) is 38.7 Å². The number of rotatable bonds is 3. The van der Waals surface area contributed by atoms with Gasteiger partial charge in [-0.2, -0.15) is 5.10 Å². The van der Waals surface area contributed by atoms with Crippen molar-refractivity contribution in [3.05, 3.63) is 18.5 Å². The van der Waals surface area contributed by atoms with Crippen LogP contribution in [0.1, 0.15) is 32.7 Å². The highest BCUT2D eigenvalue weighted by molar-refractivity contribution is 5.80. The summed E-state index contributed by atoms with van der Waals surface area (Å²) in [6.45, 7) is 5.58. The summed E-state index contributed by atoms with van der Waals surface area (Å²) in [6, 6.07) is 1.85. The van der Waals surface area contributed by atoms with Gasteiger partial charge in [-0.1, -0.05) is 0 Å². The number of likely N-dealkylation sites (tertiary alicyclic amines) is 1. The van der Waals surface area contributed by atoms with Crippen molar-refractivity contribution >= 4 is 5.91 Å². The van der Waals surface area contributed by atoms with E-state index in [-0.39, 0.29) is 18.0 Å². The molecule has 0 bridgehead atoms. The Kier molecular flexibility index (Phi) is 4.01. The number of piperidine rings is 1. The quantitative estimate of drug-likeness (QED) is 0.871. The van der Waals surface area contributed by atoms with E-state index in [2.05, 4.69) is 12.0 Å². The van der Waals surface area contributed by atoms with Crippen LogP contribution in [0.4, 0.5) is 0 Å². The van der Waals surface area contributed by atoms with Crippen LogP contribution in [-0.2, 0) is 4.79 Å². The summed E-state index contributed by atoms with van der Waals surface area (Å²) < 4.78 is 1.71. The summed E-state index contributed by atoms with van der Waals surface area (Å²) in [6.07, 6.45) is 5.55. The Morgan fingerprint density at radius 3 is 2.56 bits per heavy atom. The van der Waals surface area contributed by atoms with E-state index in [9.17, 15) is 4.79 Å². The van der Waals surface area contributed by atoms with Crippen LogP contribution in [-0.4, -0.2) is 39.7 Å². The second-order valence-corrected chi connectivity index (χ2v) is 5.18. The predicted molar refractivity (Wildman–Crippen MR) is 69.9 cm³/mol. The third-order valence-corrected chi connectivity index (χ3v) is 3.87. The summed E-state index contributed by atoms with van der Waals surface area (Å²) in [7, 11) is 0. The van der Waals surface area contributed by atoms with Gasteiger partial charge < -0.3 is 10.6 Å². The Morgan fingerprint density at radius 2 is 2.06 bits per heavy atom. The summed E-state index contributed by atoms with van der Waals surface area (Å²) >= 11 is 0. The van der Waals surface area contributed by atoms with Gasteiger partial charge in [0.1, 0.15) is 6.04 Å². The van der Waals surface area contributed by atoms with Crippen LogP contribution in [0, 0.1) is 5.92 Å². The molecule has 2 N–H and O–H groups in total. The largest absolute Gasteiger partial charge is 0.341 e. The van der Waals surface area contributed by atoms with Gasteiger partial charge in [0.25, 0.3) is 0 Å². The Bertz CT molecular complexity index is 380. The zero-order valence-electron chi connectivity index (χ0n) is 11.1. The van der Waals surface area contributed by atoms with E-state index in [1.165, 1.54) is 0 Å². The number of amides is 1. The normalized spacial score (nSPS) is 20.7. The second kappa shape index (κ2) is 5.52. The fourth-order valence-electron chi connectivity index (χ4n) is 2.53. The predicted octanol–water partition coefficient (Wildman–Crippen LogP) is 1.03. The van der Waals surface area contributed by atoms with Gasteiger partial charge >= 0.3 is 0 Å². The molecule has 0 radical (unpaired) electrons. The number of carbonyl (C=O) groups excluding carboxylic acids is 1. The topological polar surface area (TPSA) is 64.2 Å². The summed E-state index contributed by atoms with van der Waals surface area (Å²) in [5.41, 5.74) is 5.91. The maximum absolute atomic E-state index is 12.3. The summed E-state index contributed by atoms with van der Waals surface area (Å²) in [4.78, 5) is 14.2. The molecule has 1 aromatic rings. The molecule has 0 spiro atoms. The standard InChI is InChI=1S/C13H22N4O/c1-10(14)12-4-8-16(9-5-12)13(18)11(2)17-7-3-6-15-17/h3,6-7,10-12H,4-5,8-9,14H2,1-2H3. The van der Waals surface area contributed by atoms with E-state index < -0.39 is 0 Å². The molecule has 2 unspecified atom stereocenters. The minimum Gasteiger partial charge on any atom is -0.341 e.